The quantitative estimate of drug-likeness (QED) is 0.807. The first kappa shape index (κ1) is 15.9. The summed E-state index contributed by atoms with van der Waals surface area (Å²) in [5.41, 5.74) is 4.14. The van der Waals surface area contributed by atoms with E-state index in [1.54, 1.807) is 30.3 Å². The normalized spacial score (nSPS) is 13.8. The summed E-state index contributed by atoms with van der Waals surface area (Å²) in [5.74, 6) is 0.249. The number of rotatable bonds is 4. The molecule has 3 N–H and O–H groups in total. The van der Waals surface area contributed by atoms with Gasteiger partial charge < -0.3 is 15.5 Å². The van der Waals surface area contributed by atoms with Gasteiger partial charge in [-0.3, -0.25) is 4.79 Å². The topological polar surface area (TPSA) is 69.6 Å². The molecule has 0 saturated heterocycles. The van der Waals surface area contributed by atoms with E-state index in [0.29, 0.717) is 18.5 Å². The number of aromatic hydroxyl groups is 2. The molecule has 1 amide bonds. The van der Waals surface area contributed by atoms with Crippen LogP contribution in [0.3, 0.4) is 0 Å². The van der Waals surface area contributed by atoms with Crippen LogP contribution >= 0.6 is 0 Å². The molecule has 2 aromatic carbocycles. The lowest BCUT2D eigenvalue weighted by Crippen LogP contribution is -2.24. The molecule has 0 saturated carbocycles. The van der Waals surface area contributed by atoms with Crippen molar-refractivity contribution in [3.05, 3.63) is 76.9 Å². The van der Waals surface area contributed by atoms with E-state index in [-0.39, 0.29) is 17.4 Å². The number of carbonyl (C=O) groups is 1. The van der Waals surface area contributed by atoms with Crippen molar-refractivity contribution in [2.75, 3.05) is 0 Å². The summed E-state index contributed by atoms with van der Waals surface area (Å²) in [6.45, 7) is 2.27. The summed E-state index contributed by atoms with van der Waals surface area (Å²) in [4.78, 5) is 12.4. The van der Waals surface area contributed by atoms with E-state index in [1.807, 2.05) is 31.2 Å². The molecule has 24 heavy (non-hydrogen) atoms. The van der Waals surface area contributed by atoms with Crippen LogP contribution in [0.25, 0.3) is 5.57 Å². The first-order valence-corrected chi connectivity index (χ1v) is 7.79. The number of benzene rings is 2. The first-order chi connectivity index (χ1) is 11.5. The Hall–Kier alpha value is -3.01. The molecule has 0 heterocycles. The number of carbonyl (C=O) groups excluding carboxylic acids is 1. The maximum absolute atomic E-state index is 12.4. The fraction of sp³-hybridized carbons (Fsp3) is 0.150. The molecule has 0 spiro atoms. The van der Waals surface area contributed by atoms with E-state index in [2.05, 4.69) is 5.32 Å². The van der Waals surface area contributed by atoms with Crippen molar-refractivity contribution in [3.63, 3.8) is 0 Å². The van der Waals surface area contributed by atoms with Gasteiger partial charge in [0.05, 0.1) is 0 Å². The minimum absolute atomic E-state index is 0.152. The molecule has 122 valence electrons. The van der Waals surface area contributed by atoms with Crippen LogP contribution in [0.5, 0.6) is 11.5 Å². The van der Waals surface area contributed by atoms with Crippen molar-refractivity contribution >= 4 is 11.5 Å². The Labute approximate surface area is 140 Å². The molecule has 1 aliphatic carbocycles. The zero-order valence-corrected chi connectivity index (χ0v) is 13.4. The van der Waals surface area contributed by atoms with Crippen molar-refractivity contribution < 1.29 is 15.0 Å². The summed E-state index contributed by atoms with van der Waals surface area (Å²) >= 11 is 0. The lowest BCUT2D eigenvalue weighted by Gasteiger charge is -2.06. The van der Waals surface area contributed by atoms with Crippen molar-refractivity contribution in [2.24, 2.45) is 0 Å². The van der Waals surface area contributed by atoms with Crippen LogP contribution in [0.4, 0.5) is 0 Å². The molecule has 0 aromatic heterocycles. The van der Waals surface area contributed by atoms with E-state index in [0.717, 1.165) is 22.3 Å². The Kier molecular flexibility index (Phi) is 4.38. The van der Waals surface area contributed by atoms with Gasteiger partial charge in [-0.1, -0.05) is 35.9 Å². The Morgan fingerprint density at radius 3 is 2.67 bits per heavy atom. The Morgan fingerprint density at radius 2 is 1.92 bits per heavy atom. The van der Waals surface area contributed by atoms with Gasteiger partial charge in [0.15, 0.2) is 0 Å². The number of phenols is 2. The minimum Gasteiger partial charge on any atom is -0.508 e. The molecular formula is C20H19NO3. The zero-order valence-electron chi connectivity index (χ0n) is 13.4. The van der Waals surface area contributed by atoms with Crippen molar-refractivity contribution in [1.82, 2.24) is 5.32 Å². The SMILES string of the molecule is CC1=C(C(=O)NCc2cccc(O)c2)C=C(c2ccccc2O)C1. The van der Waals surface area contributed by atoms with Crippen molar-refractivity contribution in [2.45, 2.75) is 19.9 Å². The molecule has 4 heteroatoms. The average molecular weight is 321 g/mol. The highest BCUT2D eigenvalue weighted by Gasteiger charge is 2.20. The maximum Gasteiger partial charge on any atom is 0.251 e. The van der Waals surface area contributed by atoms with Gasteiger partial charge in [-0.25, -0.2) is 0 Å². The van der Waals surface area contributed by atoms with Crippen molar-refractivity contribution in [1.29, 1.82) is 0 Å². The molecule has 0 aliphatic heterocycles. The molecule has 4 nitrogen and oxygen atoms in total. The van der Waals surface area contributed by atoms with E-state index < -0.39 is 0 Å². The molecule has 1 aliphatic rings. The van der Waals surface area contributed by atoms with Gasteiger partial charge in [0.1, 0.15) is 11.5 Å². The van der Waals surface area contributed by atoms with Crippen molar-refractivity contribution in [3.8, 4) is 11.5 Å². The van der Waals surface area contributed by atoms with Crippen LogP contribution < -0.4 is 5.32 Å². The standard InChI is InChI=1S/C20H19NO3/c1-13-9-15(17-7-2-3-8-19(17)23)11-18(13)20(24)21-12-14-5-4-6-16(22)10-14/h2-8,10-11,22-23H,9,12H2,1H3,(H,21,24). The second kappa shape index (κ2) is 6.62. The second-order valence-electron chi connectivity index (χ2n) is 5.91. The number of nitrogens with one attached hydrogen (secondary N) is 1. The third-order valence-electron chi connectivity index (χ3n) is 4.09. The molecule has 0 radical (unpaired) electrons. The predicted octanol–water partition coefficient (Wildman–Crippen LogP) is 3.52. The number of hydrogen-bond donors (Lipinski definition) is 3. The van der Waals surface area contributed by atoms with Gasteiger partial charge >= 0.3 is 0 Å². The fourth-order valence-electron chi connectivity index (χ4n) is 2.85. The molecular weight excluding hydrogens is 302 g/mol. The third-order valence-corrected chi connectivity index (χ3v) is 4.09. The number of hydrogen-bond acceptors (Lipinski definition) is 3. The molecule has 0 atom stereocenters. The van der Waals surface area contributed by atoms with Crippen LogP contribution in [0.1, 0.15) is 24.5 Å². The summed E-state index contributed by atoms with van der Waals surface area (Å²) in [6, 6.07) is 13.9. The van der Waals surface area contributed by atoms with E-state index >= 15 is 0 Å². The smallest absolute Gasteiger partial charge is 0.251 e. The Bertz CT molecular complexity index is 849. The van der Waals surface area contributed by atoms with Crippen LogP contribution in [0, 0.1) is 0 Å². The number of amides is 1. The van der Waals surface area contributed by atoms with Gasteiger partial charge in [-0.15, -0.1) is 0 Å². The largest absolute Gasteiger partial charge is 0.508 e. The number of phenolic OH excluding ortho intramolecular Hbond substituents is 2. The highest BCUT2D eigenvalue weighted by molar-refractivity contribution is 6.01. The highest BCUT2D eigenvalue weighted by atomic mass is 16.3. The summed E-state index contributed by atoms with van der Waals surface area (Å²) in [7, 11) is 0. The maximum atomic E-state index is 12.4. The van der Waals surface area contributed by atoms with E-state index in [9.17, 15) is 15.0 Å². The fourth-order valence-corrected chi connectivity index (χ4v) is 2.85. The average Bonchev–Trinajstić information content (AvgIpc) is 2.95. The monoisotopic (exact) mass is 321 g/mol. The van der Waals surface area contributed by atoms with Gasteiger partial charge in [-0.05, 0) is 48.8 Å². The lowest BCUT2D eigenvalue weighted by atomic mass is 10.0. The number of para-hydroxylation sites is 1. The lowest BCUT2D eigenvalue weighted by molar-refractivity contribution is -0.117. The third kappa shape index (κ3) is 3.33. The summed E-state index contributed by atoms with van der Waals surface area (Å²) < 4.78 is 0. The van der Waals surface area contributed by atoms with Gasteiger partial charge in [0, 0.05) is 17.7 Å². The van der Waals surface area contributed by atoms with Gasteiger partial charge in [0.25, 0.3) is 5.91 Å². The molecule has 0 fully saturated rings. The Morgan fingerprint density at radius 1 is 1.12 bits per heavy atom. The second-order valence-corrected chi connectivity index (χ2v) is 5.91. The molecule has 0 bridgehead atoms. The van der Waals surface area contributed by atoms with Crippen LogP contribution in [0.2, 0.25) is 0 Å². The predicted molar refractivity (Wildman–Crippen MR) is 93.4 cm³/mol. The molecule has 2 aromatic rings. The van der Waals surface area contributed by atoms with Gasteiger partial charge in [0.2, 0.25) is 0 Å². The van der Waals surface area contributed by atoms with Crippen LogP contribution in [0.15, 0.2) is 65.8 Å². The van der Waals surface area contributed by atoms with Crippen LogP contribution in [-0.2, 0) is 11.3 Å². The van der Waals surface area contributed by atoms with Gasteiger partial charge in [-0.2, -0.15) is 0 Å². The Balaban J connectivity index is 1.72. The number of allylic oxidation sites excluding steroid dienone is 2. The minimum atomic E-state index is -0.152. The molecule has 0 unspecified atom stereocenters. The van der Waals surface area contributed by atoms with Crippen LogP contribution in [-0.4, -0.2) is 16.1 Å². The molecule has 3 rings (SSSR count). The summed E-state index contributed by atoms with van der Waals surface area (Å²) in [6.07, 6.45) is 2.48. The first-order valence-electron chi connectivity index (χ1n) is 7.79. The van der Waals surface area contributed by atoms with E-state index in [4.69, 9.17) is 0 Å². The zero-order chi connectivity index (χ0) is 17.1. The van der Waals surface area contributed by atoms with E-state index in [1.165, 1.54) is 0 Å². The summed E-state index contributed by atoms with van der Waals surface area (Å²) in [5, 5.41) is 22.3. The highest BCUT2D eigenvalue weighted by Crippen LogP contribution is 2.36.